The summed E-state index contributed by atoms with van der Waals surface area (Å²) in [6, 6.07) is 8.16. The SMILES string of the molecule is O=C1C=C(c2ccco2)C(CO)[n+]2cc(O)c(Cc3ccco3)cc21. The van der Waals surface area contributed by atoms with E-state index in [0.29, 0.717) is 34.8 Å². The first-order chi connectivity index (χ1) is 12.2. The highest BCUT2D eigenvalue weighted by Crippen LogP contribution is 2.30. The number of furan rings is 2. The highest BCUT2D eigenvalue weighted by molar-refractivity contribution is 6.07. The van der Waals surface area contributed by atoms with Gasteiger partial charge in [0.1, 0.15) is 18.1 Å². The molecule has 6 nitrogen and oxygen atoms in total. The predicted octanol–water partition coefficient (Wildman–Crippen LogP) is 2.27. The lowest BCUT2D eigenvalue weighted by atomic mass is 9.95. The molecule has 0 fully saturated rings. The van der Waals surface area contributed by atoms with Crippen molar-refractivity contribution in [3.8, 4) is 5.75 Å². The van der Waals surface area contributed by atoms with Crippen molar-refractivity contribution in [1.82, 2.24) is 0 Å². The maximum atomic E-state index is 12.6. The van der Waals surface area contributed by atoms with Crippen LogP contribution in [0.15, 0.2) is 64.0 Å². The molecule has 1 unspecified atom stereocenters. The monoisotopic (exact) mass is 338 g/mol. The molecule has 4 heterocycles. The van der Waals surface area contributed by atoms with Crippen LogP contribution in [-0.4, -0.2) is 22.6 Å². The van der Waals surface area contributed by atoms with Crippen LogP contribution in [0.4, 0.5) is 0 Å². The van der Waals surface area contributed by atoms with Crippen molar-refractivity contribution in [2.75, 3.05) is 6.61 Å². The minimum absolute atomic E-state index is 0.0343. The topological polar surface area (TPSA) is 87.7 Å². The summed E-state index contributed by atoms with van der Waals surface area (Å²) >= 11 is 0. The van der Waals surface area contributed by atoms with Gasteiger partial charge in [0.25, 0.3) is 5.69 Å². The molecule has 0 amide bonds. The average molecular weight is 338 g/mol. The van der Waals surface area contributed by atoms with Crippen LogP contribution in [-0.2, 0) is 6.42 Å². The van der Waals surface area contributed by atoms with Crippen molar-refractivity contribution in [1.29, 1.82) is 0 Å². The molecule has 3 aromatic rings. The van der Waals surface area contributed by atoms with Gasteiger partial charge in [-0.2, -0.15) is 4.57 Å². The second-order valence-electron chi connectivity index (χ2n) is 5.87. The Morgan fingerprint density at radius 2 is 1.96 bits per heavy atom. The van der Waals surface area contributed by atoms with Crippen molar-refractivity contribution in [2.24, 2.45) is 0 Å². The van der Waals surface area contributed by atoms with E-state index >= 15 is 0 Å². The zero-order valence-electron chi connectivity index (χ0n) is 13.3. The molecule has 6 heteroatoms. The van der Waals surface area contributed by atoms with Crippen molar-refractivity contribution in [2.45, 2.75) is 12.5 Å². The van der Waals surface area contributed by atoms with Crippen molar-refractivity contribution >= 4 is 11.4 Å². The Bertz CT molecular complexity index is 939. The molecule has 0 aliphatic carbocycles. The molecule has 0 aromatic carbocycles. The number of aliphatic hydroxyl groups excluding tert-OH is 1. The zero-order chi connectivity index (χ0) is 17.4. The number of carbonyl (C=O) groups is 1. The van der Waals surface area contributed by atoms with Gasteiger partial charge in [-0.15, -0.1) is 0 Å². The van der Waals surface area contributed by atoms with Gasteiger partial charge >= 0.3 is 0 Å². The number of aliphatic hydroxyl groups is 1. The van der Waals surface area contributed by atoms with E-state index in [1.54, 1.807) is 41.2 Å². The second-order valence-corrected chi connectivity index (χ2v) is 5.87. The lowest BCUT2D eigenvalue weighted by Gasteiger charge is -2.19. The Morgan fingerprint density at radius 1 is 1.16 bits per heavy atom. The number of hydrogen-bond donors (Lipinski definition) is 2. The second kappa shape index (κ2) is 6.07. The molecule has 0 saturated heterocycles. The lowest BCUT2D eigenvalue weighted by Crippen LogP contribution is -2.49. The molecule has 3 aromatic heterocycles. The van der Waals surface area contributed by atoms with Gasteiger partial charge in [-0.05, 0) is 24.3 Å². The largest absolute Gasteiger partial charge is 0.503 e. The van der Waals surface area contributed by atoms with Crippen LogP contribution in [0.2, 0.25) is 0 Å². The number of fused-ring (bicyclic) bond motifs is 1. The molecule has 1 aliphatic rings. The highest BCUT2D eigenvalue weighted by atomic mass is 16.3. The van der Waals surface area contributed by atoms with E-state index in [1.165, 1.54) is 18.5 Å². The highest BCUT2D eigenvalue weighted by Gasteiger charge is 2.37. The van der Waals surface area contributed by atoms with Crippen LogP contribution in [0.3, 0.4) is 0 Å². The van der Waals surface area contributed by atoms with E-state index in [1.807, 2.05) is 0 Å². The quantitative estimate of drug-likeness (QED) is 0.713. The Kier molecular flexibility index (Phi) is 3.74. The van der Waals surface area contributed by atoms with Gasteiger partial charge in [-0.3, -0.25) is 4.79 Å². The van der Waals surface area contributed by atoms with Gasteiger partial charge in [0.15, 0.2) is 5.75 Å². The molecule has 1 atom stereocenters. The summed E-state index contributed by atoms with van der Waals surface area (Å²) in [6.07, 6.45) is 6.40. The maximum absolute atomic E-state index is 12.6. The third kappa shape index (κ3) is 2.66. The molecular weight excluding hydrogens is 322 g/mol. The van der Waals surface area contributed by atoms with Crippen LogP contribution in [0.25, 0.3) is 5.57 Å². The summed E-state index contributed by atoms with van der Waals surface area (Å²) in [4.78, 5) is 12.6. The Morgan fingerprint density at radius 3 is 2.64 bits per heavy atom. The first-order valence-corrected chi connectivity index (χ1v) is 7.87. The molecule has 0 saturated carbocycles. The molecule has 25 heavy (non-hydrogen) atoms. The van der Waals surface area contributed by atoms with Gasteiger partial charge in [0.2, 0.25) is 18.0 Å². The van der Waals surface area contributed by atoms with Crippen LogP contribution in [0.1, 0.15) is 33.6 Å². The number of aromatic nitrogens is 1. The molecule has 0 spiro atoms. The summed E-state index contributed by atoms with van der Waals surface area (Å²) in [5.74, 6) is 1.03. The van der Waals surface area contributed by atoms with Crippen LogP contribution in [0.5, 0.6) is 5.75 Å². The first-order valence-electron chi connectivity index (χ1n) is 7.87. The van der Waals surface area contributed by atoms with E-state index in [2.05, 4.69) is 0 Å². The number of nitrogens with zero attached hydrogens (tertiary/aromatic N) is 1. The van der Waals surface area contributed by atoms with Gasteiger partial charge in [0, 0.05) is 24.1 Å². The van der Waals surface area contributed by atoms with Crippen molar-refractivity contribution in [3.05, 3.63) is 77.9 Å². The standard InChI is InChI=1S/C19H15NO5/c21-11-16-14(19-4-2-6-25-19)9-17(22)15-8-12(18(23)10-20(15)16)7-13-3-1-5-24-13/h1-6,8-10,16,21H,7,11H2/p+1. The van der Waals surface area contributed by atoms with Crippen molar-refractivity contribution in [3.63, 3.8) is 0 Å². The number of pyridine rings is 1. The number of carbonyl (C=O) groups excluding carboxylic acids is 1. The number of hydrogen-bond acceptors (Lipinski definition) is 5. The Hall–Kier alpha value is -3.12. The number of allylic oxidation sites excluding steroid dienone is 1. The molecule has 0 radical (unpaired) electrons. The fourth-order valence-electron chi connectivity index (χ4n) is 3.12. The molecular formula is C19H16NO5+. The summed E-state index contributed by atoms with van der Waals surface area (Å²) in [5, 5.41) is 20.2. The summed E-state index contributed by atoms with van der Waals surface area (Å²) < 4.78 is 12.3. The molecule has 1 aliphatic heterocycles. The third-order valence-corrected chi connectivity index (χ3v) is 4.34. The summed E-state index contributed by atoms with van der Waals surface area (Å²) in [5.41, 5.74) is 1.56. The Balaban J connectivity index is 1.78. The predicted molar refractivity (Wildman–Crippen MR) is 87.0 cm³/mol. The normalized spacial score (nSPS) is 16.6. The number of rotatable bonds is 4. The van der Waals surface area contributed by atoms with E-state index in [-0.39, 0.29) is 18.1 Å². The van der Waals surface area contributed by atoms with Crippen molar-refractivity contribution < 1.29 is 28.4 Å². The third-order valence-electron chi connectivity index (χ3n) is 4.34. The zero-order valence-corrected chi connectivity index (χ0v) is 13.3. The van der Waals surface area contributed by atoms with Crippen LogP contribution >= 0.6 is 0 Å². The molecule has 4 rings (SSSR count). The van der Waals surface area contributed by atoms with E-state index in [9.17, 15) is 15.0 Å². The fourth-order valence-corrected chi connectivity index (χ4v) is 3.12. The fraction of sp³-hybridized carbons (Fsp3) is 0.158. The lowest BCUT2D eigenvalue weighted by molar-refractivity contribution is -0.713. The van der Waals surface area contributed by atoms with E-state index in [0.717, 1.165) is 0 Å². The Labute approximate surface area is 143 Å². The molecule has 0 bridgehead atoms. The van der Waals surface area contributed by atoms with Gasteiger partial charge in [-0.25, -0.2) is 0 Å². The van der Waals surface area contributed by atoms with Gasteiger partial charge in [0.05, 0.1) is 18.1 Å². The van der Waals surface area contributed by atoms with Gasteiger partial charge in [-0.1, -0.05) is 0 Å². The number of ketones is 1. The van der Waals surface area contributed by atoms with Crippen LogP contribution < -0.4 is 4.57 Å². The molecule has 2 N–H and O–H groups in total. The summed E-state index contributed by atoms with van der Waals surface area (Å²) in [6.45, 7) is -0.228. The molecule has 126 valence electrons. The smallest absolute Gasteiger partial charge is 0.254 e. The minimum Gasteiger partial charge on any atom is -0.503 e. The summed E-state index contributed by atoms with van der Waals surface area (Å²) in [7, 11) is 0. The van der Waals surface area contributed by atoms with E-state index < -0.39 is 6.04 Å². The maximum Gasteiger partial charge on any atom is 0.254 e. The van der Waals surface area contributed by atoms with Gasteiger partial charge < -0.3 is 19.0 Å². The first kappa shape index (κ1) is 15.4. The van der Waals surface area contributed by atoms with Crippen LogP contribution in [0, 0.1) is 0 Å². The minimum atomic E-state index is -0.512. The number of aromatic hydroxyl groups is 1. The average Bonchev–Trinajstić information content (AvgIpc) is 3.29. The van der Waals surface area contributed by atoms with E-state index in [4.69, 9.17) is 8.83 Å².